The first-order valence-electron chi connectivity index (χ1n) is 12.8. The molecule has 1 atom stereocenters. The molecule has 0 radical (unpaired) electrons. The molecule has 0 aliphatic carbocycles. The van der Waals surface area contributed by atoms with E-state index in [1.807, 2.05) is 30.3 Å². The number of nitrogens with one attached hydrogen (secondary N) is 1. The summed E-state index contributed by atoms with van der Waals surface area (Å²) >= 11 is 1.28. The van der Waals surface area contributed by atoms with Crippen LogP contribution in [0.25, 0.3) is 16.9 Å². The molecule has 2 amide bonds. The van der Waals surface area contributed by atoms with E-state index in [0.717, 1.165) is 5.56 Å². The van der Waals surface area contributed by atoms with Crippen molar-refractivity contribution in [2.45, 2.75) is 11.7 Å². The molecule has 1 aromatic heterocycles. The average molecular weight is 563 g/mol. The number of hydrogen-bond donors (Lipinski definition) is 1. The first-order chi connectivity index (χ1) is 19.5. The molecular formula is C30H28F2N4O3S. The number of anilines is 1. The third-order valence-electron chi connectivity index (χ3n) is 6.54. The molecule has 1 aliphatic rings. The lowest BCUT2D eigenvalue weighted by atomic mass is 9.99. The molecule has 206 valence electrons. The summed E-state index contributed by atoms with van der Waals surface area (Å²) in [6.07, 6.45) is 0.623. The van der Waals surface area contributed by atoms with Gasteiger partial charge in [0.15, 0.2) is 0 Å². The third-order valence-corrected chi connectivity index (χ3v) is 7.78. The number of hydrogen-bond acceptors (Lipinski definition) is 5. The summed E-state index contributed by atoms with van der Waals surface area (Å²) in [7, 11) is 1.59. The van der Waals surface area contributed by atoms with Gasteiger partial charge < -0.3 is 10.1 Å². The number of thioether (sulfide) groups is 1. The van der Waals surface area contributed by atoms with Crippen LogP contribution in [0.2, 0.25) is 0 Å². The van der Waals surface area contributed by atoms with E-state index >= 15 is 4.39 Å². The highest BCUT2D eigenvalue weighted by Gasteiger charge is 2.38. The number of rotatable bonds is 9. The lowest BCUT2D eigenvalue weighted by molar-refractivity contribution is -0.122. The van der Waals surface area contributed by atoms with Crippen LogP contribution in [0.4, 0.5) is 14.6 Å². The van der Waals surface area contributed by atoms with Gasteiger partial charge in [-0.05, 0) is 36.8 Å². The van der Waals surface area contributed by atoms with E-state index in [9.17, 15) is 14.0 Å². The summed E-state index contributed by atoms with van der Waals surface area (Å²) < 4.78 is 35.7. The molecule has 5 rings (SSSR count). The zero-order valence-electron chi connectivity index (χ0n) is 21.8. The van der Waals surface area contributed by atoms with Crippen LogP contribution in [0.5, 0.6) is 0 Å². The Hall–Kier alpha value is -4.02. The van der Waals surface area contributed by atoms with Crippen LogP contribution in [0, 0.1) is 11.6 Å². The largest absolute Gasteiger partial charge is 0.385 e. The standard InChI is InChI=1S/C30H28F2N4O3S/c1-39-17-7-16-33-25(37)18-35-26(38)19-40-29(23-10-5-6-11-24(23)32)27-28(20-8-3-2-4-9-20)34-36(30(27)35)22-14-12-21(31)13-15-22/h2-6,8-15,29H,7,16-19H2,1H3,(H,33,37)/t29-/m0/s1. The van der Waals surface area contributed by atoms with Crippen LogP contribution >= 0.6 is 11.8 Å². The van der Waals surface area contributed by atoms with E-state index in [-0.39, 0.29) is 24.1 Å². The minimum atomic E-state index is -0.598. The number of nitrogens with zero attached hydrogens (tertiary/aromatic N) is 3. The Morgan fingerprint density at radius 1 is 1.05 bits per heavy atom. The number of fused-ring (bicyclic) bond motifs is 1. The normalized spacial score (nSPS) is 15.0. The Labute approximate surface area is 235 Å². The molecular weight excluding hydrogens is 534 g/mol. The van der Waals surface area contributed by atoms with Crippen molar-refractivity contribution < 1.29 is 23.1 Å². The summed E-state index contributed by atoms with van der Waals surface area (Å²) in [5, 5.41) is 7.14. The van der Waals surface area contributed by atoms with Gasteiger partial charge in [0, 0.05) is 37.0 Å². The second-order valence-corrected chi connectivity index (χ2v) is 10.3. The highest BCUT2D eigenvalue weighted by atomic mass is 32.2. The fourth-order valence-electron chi connectivity index (χ4n) is 4.67. The van der Waals surface area contributed by atoms with Gasteiger partial charge in [-0.3, -0.25) is 14.5 Å². The van der Waals surface area contributed by atoms with Crippen LogP contribution in [-0.4, -0.2) is 54.2 Å². The zero-order valence-corrected chi connectivity index (χ0v) is 22.7. The van der Waals surface area contributed by atoms with Crippen molar-refractivity contribution in [3.8, 4) is 16.9 Å². The highest BCUT2D eigenvalue weighted by Crippen LogP contribution is 2.49. The van der Waals surface area contributed by atoms with Gasteiger partial charge in [-0.1, -0.05) is 48.5 Å². The Morgan fingerprint density at radius 3 is 2.50 bits per heavy atom. The number of amides is 2. The number of aromatic nitrogens is 2. The van der Waals surface area contributed by atoms with Crippen molar-refractivity contribution in [3.63, 3.8) is 0 Å². The van der Waals surface area contributed by atoms with E-state index in [1.54, 1.807) is 42.1 Å². The average Bonchev–Trinajstić information content (AvgIpc) is 3.29. The van der Waals surface area contributed by atoms with Crippen LogP contribution in [0.3, 0.4) is 0 Å². The van der Waals surface area contributed by atoms with Crippen molar-refractivity contribution in [1.29, 1.82) is 0 Å². The summed E-state index contributed by atoms with van der Waals surface area (Å²) in [6.45, 7) is 0.622. The maximum absolute atomic E-state index is 15.3. The van der Waals surface area contributed by atoms with Gasteiger partial charge in [0.25, 0.3) is 0 Å². The lowest BCUT2D eigenvalue weighted by Crippen LogP contribution is -2.42. The van der Waals surface area contributed by atoms with Gasteiger partial charge in [0.05, 0.1) is 22.4 Å². The molecule has 7 nitrogen and oxygen atoms in total. The number of carbonyl (C=O) groups excluding carboxylic acids is 2. The minimum Gasteiger partial charge on any atom is -0.385 e. The Balaban J connectivity index is 1.71. The molecule has 10 heteroatoms. The predicted octanol–water partition coefficient (Wildman–Crippen LogP) is 5.14. The van der Waals surface area contributed by atoms with Gasteiger partial charge in [-0.25, -0.2) is 13.5 Å². The summed E-state index contributed by atoms with van der Waals surface area (Å²) in [5.41, 5.74) is 2.81. The second kappa shape index (κ2) is 12.4. The first kappa shape index (κ1) is 27.5. The van der Waals surface area contributed by atoms with Crippen molar-refractivity contribution in [2.24, 2.45) is 0 Å². The highest BCUT2D eigenvalue weighted by molar-refractivity contribution is 8.00. The summed E-state index contributed by atoms with van der Waals surface area (Å²) in [4.78, 5) is 28.1. The molecule has 0 fully saturated rings. The van der Waals surface area contributed by atoms with Crippen LogP contribution in [0.1, 0.15) is 22.8 Å². The lowest BCUT2D eigenvalue weighted by Gasteiger charge is -2.23. The molecule has 0 saturated heterocycles. The van der Waals surface area contributed by atoms with Crippen LogP contribution in [-0.2, 0) is 14.3 Å². The molecule has 0 spiro atoms. The fourth-order valence-corrected chi connectivity index (χ4v) is 5.89. The maximum Gasteiger partial charge on any atom is 0.240 e. The molecule has 40 heavy (non-hydrogen) atoms. The minimum absolute atomic E-state index is 0.0162. The Kier molecular flexibility index (Phi) is 8.57. The van der Waals surface area contributed by atoms with Crippen molar-refractivity contribution >= 4 is 29.4 Å². The van der Waals surface area contributed by atoms with Gasteiger partial charge in [0.1, 0.15) is 24.0 Å². The van der Waals surface area contributed by atoms with Gasteiger partial charge in [-0.15, -0.1) is 11.8 Å². The summed E-state index contributed by atoms with van der Waals surface area (Å²) in [5.74, 6) is -1.13. The van der Waals surface area contributed by atoms with Crippen molar-refractivity contribution in [3.05, 3.63) is 102 Å². The number of carbonyl (C=O) groups is 2. The zero-order chi connectivity index (χ0) is 28.1. The Bertz CT molecular complexity index is 1490. The fraction of sp³-hybridized carbons (Fsp3) is 0.233. The molecule has 3 aromatic carbocycles. The summed E-state index contributed by atoms with van der Waals surface area (Å²) in [6, 6.07) is 21.6. The molecule has 0 bridgehead atoms. The molecule has 0 unspecified atom stereocenters. The quantitative estimate of drug-likeness (QED) is 0.286. The van der Waals surface area contributed by atoms with Crippen molar-refractivity contribution in [2.75, 3.05) is 37.5 Å². The topological polar surface area (TPSA) is 76.5 Å². The number of benzene rings is 3. The molecule has 2 heterocycles. The van der Waals surface area contributed by atoms with E-state index in [2.05, 4.69) is 5.32 Å². The number of ether oxygens (including phenoxy) is 1. The third kappa shape index (κ3) is 5.78. The smallest absolute Gasteiger partial charge is 0.240 e. The second-order valence-electron chi connectivity index (χ2n) is 9.23. The monoisotopic (exact) mass is 562 g/mol. The van der Waals surface area contributed by atoms with E-state index in [0.29, 0.717) is 47.9 Å². The van der Waals surface area contributed by atoms with Crippen molar-refractivity contribution in [1.82, 2.24) is 15.1 Å². The van der Waals surface area contributed by atoms with Gasteiger partial charge >= 0.3 is 0 Å². The van der Waals surface area contributed by atoms with Gasteiger partial charge in [-0.2, -0.15) is 5.10 Å². The SMILES string of the molecule is COCCCNC(=O)CN1C(=O)CS[C@@H](c2ccccc2F)c2c(-c3ccccc3)nn(-c3ccc(F)cc3)c21. The Morgan fingerprint density at radius 2 is 1.77 bits per heavy atom. The first-order valence-corrected chi connectivity index (χ1v) is 13.9. The van der Waals surface area contributed by atoms with E-state index < -0.39 is 16.9 Å². The van der Waals surface area contributed by atoms with Crippen LogP contribution < -0.4 is 10.2 Å². The van der Waals surface area contributed by atoms with E-state index in [1.165, 1.54) is 34.9 Å². The van der Waals surface area contributed by atoms with Gasteiger partial charge in [0.2, 0.25) is 11.8 Å². The number of methoxy groups -OCH3 is 1. The predicted molar refractivity (Wildman–Crippen MR) is 152 cm³/mol. The van der Waals surface area contributed by atoms with E-state index in [4.69, 9.17) is 9.84 Å². The molecule has 4 aromatic rings. The van der Waals surface area contributed by atoms with Crippen LogP contribution in [0.15, 0.2) is 78.9 Å². The molecule has 1 aliphatic heterocycles. The molecule has 0 saturated carbocycles. The molecule has 1 N–H and O–H groups in total. The maximum atomic E-state index is 15.3. The number of halogens is 2.